The van der Waals surface area contributed by atoms with Crippen molar-refractivity contribution in [2.45, 2.75) is 39.4 Å². The van der Waals surface area contributed by atoms with Crippen molar-refractivity contribution >= 4 is 0 Å². The summed E-state index contributed by atoms with van der Waals surface area (Å²) in [6, 6.07) is 5.74. The molecule has 0 heterocycles. The highest BCUT2D eigenvalue weighted by molar-refractivity contribution is 5.45. The average molecular weight is 262 g/mol. The standard InChI is InChI=1S/C16H22O3/c1-16(2,3)19-12-14-11-15(18-4)9-8-13(14)7-5-6-10-17/h8-9,11,17H,6,10,12H2,1-4H3. The number of hydrogen-bond donors (Lipinski definition) is 1. The Morgan fingerprint density at radius 3 is 2.58 bits per heavy atom. The number of hydrogen-bond acceptors (Lipinski definition) is 3. The summed E-state index contributed by atoms with van der Waals surface area (Å²) in [7, 11) is 1.64. The molecule has 0 aromatic heterocycles. The second kappa shape index (κ2) is 7.18. The van der Waals surface area contributed by atoms with Gasteiger partial charge in [0, 0.05) is 12.0 Å². The van der Waals surface area contributed by atoms with Crippen LogP contribution in [0.25, 0.3) is 0 Å². The van der Waals surface area contributed by atoms with Gasteiger partial charge in [0.25, 0.3) is 0 Å². The molecule has 0 radical (unpaired) electrons. The first-order valence-corrected chi connectivity index (χ1v) is 6.37. The van der Waals surface area contributed by atoms with Crippen LogP contribution >= 0.6 is 0 Å². The Bertz CT molecular complexity index is 461. The van der Waals surface area contributed by atoms with E-state index in [4.69, 9.17) is 14.6 Å². The Morgan fingerprint density at radius 1 is 1.26 bits per heavy atom. The van der Waals surface area contributed by atoms with E-state index in [1.54, 1.807) is 7.11 Å². The molecule has 0 spiro atoms. The van der Waals surface area contributed by atoms with Crippen molar-refractivity contribution in [3.05, 3.63) is 29.3 Å². The largest absolute Gasteiger partial charge is 0.497 e. The number of methoxy groups -OCH3 is 1. The van der Waals surface area contributed by atoms with Gasteiger partial charge in [0.1, 0.15) is 5.75 Å². The quantitative estimate of drug-likeness (QED) is 0.848. The van der Waals surface area contributed by atoms with Crippen LogP contribution < -0.4 is 4.74 Å². The van der Waals surface area contributed by atoms with E-state index in [0.29, 0.717) is 13.0 Å². The first-order chi connectivity index (χ1) is 8.96. The molecule has 1 aromatic carbocycles. The van der Waals surface area contributed by atoms with Gasteiger partial charge in [0.2, 0.25) is 0 Å². The third kappa shape index (κ3) is 5.78. The van der Waals surface area contributed by atoms with Gasteiger partial charge >= 0.3 is 0 Å². The molecule has 19 heavy (non-hydrogen) atoms. The first-order valence-electron chi connectivity index (χ1n) is 6.37. The molecule has 1 rings (SSSR count). The van der Waals surface area contributed by atoms with E-state index in [2.05, 4.69) is 11.8 Å². The lowest BCUT2D eigenvalue weighted by atomic mass is 10.1. The van der Waals surface area contributed by atoms with Crippen molar-refractivity contribution in [2.75, 3.05) is 13.7 Å². The van der Waals surface area contributed by atoms with Crippen LogP contribution in [0.1, 0.15) is 38.3 Å². The second-order valence-electron chi connectivity index (χ2n) is 5.20. The van der Waals surface area contributed by atoms with E-state index in [1.807, 2.05) is 39.0 Å². The van der Waals surface area contributed by atoms with Crippen molar-refractivity contribution in [3.63, 3.8) is 0 Å². The number of aliphatic hydroxyl groups is 1. The Balaban J connectivity index is 2.93. The topological polar surface area (TPSA) is 38.7 Å². The molecular weight excluding hydrogens is 240 g/mol. The summed E-state index contributed by atoms with van der Waals surface area (Å²) in [6.07, 6.45) is 0.478. The Hall–Kier alpha value is -1.50. The fourth-order valence-electron chi connectivity index (χ4n) is 1.45. The van der Waals surface area contributed by atoms with Crippen LogP contribution in [0.5, 0.6) is 5.75 Å². The molecule has 3 nitrogen and oxygen atoms in total. The number of ether oxygens (including phenoxy) is 2. The summed E-state index contributed by atoms with van der Waals surface area (Å²) in [5.74, 6) is 6.78. The summed E-state index contributed by atoms with van der Waals surface area (Å²) < 4.78 is 11.0. The van der Waals surface area contributed by atoms with Crippen molar-refractivity contribution in [2.24, 2.45) is 0 Å². The third-order valence-electron chi connectivity index (χ3n) is 2.43. The van der Waals surface area contributed by atoms with Crippen molar-refractivity contribution < 1.29 is 14.6 Å². The van der Waals surface area contributed by atoms with E-state index < -0.39 is 0 Å². The van der Waals surface area contributed by atoms with E-state index >= 15 is 0 Å². The van der Waals surface area contributed by atoms with Crippen molar-refractivity contribution in [3.8, 4) is 17.6 Å². The highest BCUT2D eigenvalue weighted by atomic mass is 16.5. The SMILES string of the molecule is COc1ccc(C#CCCO)c(COC(C)(C)C)c1. The monoisotopic (exact) mass is 262 g/mol. The zero-order valence-corrected chi connectivity index (χ0v) is 12.1. The maximum absolute atomic E-state index is 8.76. The van der Waals surface area contributed by atoms with Gasteiger partial charge in [-0.2, -0.15) is 0 Å². The van der Waals surface area contributed by atoms with E-state index in [9.17, 15) is 0 Å². The highest BCUT2D eigenvalue weighted by Gasteiger charge is 2.12. The van der Waals surface area contributed by atoms with Crippen LogP contribution in [0.4, 0.5) is 0 Å². The number of benzene rings is 1. The molecule has 0 aliphatic heterocycles. The molecule has 0 aliphatic carbocycles. The fourth-order valence-corrected chi connectivity index (χ4v) is 1.45. The molecule has 1 N–H and O–H groups in total. The van der Waals surface area contributed by atoms with E-state index in [0.717, 1.165) is 16.9 Å². The highest BCUT2D eigenvalue weighted by Crippen LogP contribution is 2.20. The minimum absolute atomic E-state index is 0.0803. The number of aliphatic hydroxyl groups excluding tert-OH is 1. The van der Waals surface area contributed by atoms with Crippen LogP contribution in [0.3, 0.4) is 0 Å². The lowest BCUT2D eigenvalue weighted by molar-refractivity contribution is -0.0151. The first kappa shape index (κ1) is 15.6. The Kier molecular flexibility index (Phi) is 5.88. The molecule has 0 saturated heterocycles. The minimum Gasteiger partial charge on any atom is -0.497 e. The van der Waals surface area contributed by atoms with Gasteiger partial charge in [-0.25, -0.2) is 0 Å². The van der Waals surface area contributed by atoms with Crippen LogP contribution in [0.2, 0.25) is 0 Å². The molecule has 0 amide bonds. The van der Waals surface area contributed by atoms with Crippen molar-refractivity contribution in [1.29, 1.82) is 0 Å². The molecule has 0 atom stereocenters. The van der Waals surface area contributed by atoms with Gasteiger partial charge in [-0.15, -0.1) is 0 Å². The summed E-state index contributed by atoms with van der Waals surface area (Å²) in [4.78, 5) is 0. The van der Waals surface area contributed by atoms with Gasteiger partial charge in [-0.1, -0.05) is 11.8 Å². The maximum atomic E-state index is 8.76. The molecule has 104 valence electrons. The normalized spacial score (nSPS) is 10.8. The lowest BCUT2D eigenvalue weighted by Gasteiger charge is -2.20. The number of rotatable bonds is 4. The Labute approximate surface area is 115 Å². The van der Waals surface area contributed by atoms with Gasteiger partial charge in [0.05, 0.1) is 25.9 Å². The van der Waals surface area contributed by atoms with Gasteiger partial charge < -0.3 is 14.6 Å². The van der Waals surface area contributed by atoms with Crippen LogP contribution in [0.15, 0.2) is 18.2 Å². The fraction of sp³-hybridized carbons (Fsp3) is 0.500. The predicted octanol–water partition coefficient (Wildman–Crippen LogP) is 2.74. The van der Waals surface area contributed by atoms with Crippen LogP contribution in [-0.2, 0) is 11.3 Å². The minimum atomic E-state index is -0.196. The molecular formula is C16H22O3. The van der Waals surface area contributed by atoms with Crippen LogP contribution in [-0.4, -0.2) is 24.4 Å². The summed E-state index contributed by atoms with van der Waals surface area (Å²) in [5.41, 5.74) is 1.72. The molecule has 3 heteroatoms. The summed E-state index contributed by atoms with van der Waals surface area (Å²) in [6.45, 7) is 6.62. The molecule has 1 aromatic rings. The summed E-state index contributed by atoms with van der Waals surface area (Å²) >= 11 is 0. The average Bonchev–Trinajstić information content (AvgIpc) is 2.36. The predicted molar refractivity (Wildman–Crippen MR) is 76.1 cm³/mol. The smallest absolute Gasteiger partial charge is 0.119 e. The molecule has 0 unspecified atom stereocenters. The van der Waals surface area contributed by atoms with Crippen molar-refractivity contribution in [1.82, 2.24) is 0 Å². The second-order valence-corrected chi connectivity index (χ2v) is 5.20. The zero-order chi connectivity index (χ0) is 14.3. The van der Waals surface area contributed by atoms with Gasteiger partial charge in [-0.05, 0) is 44.5 Å². The molecule has 0 aliphatic rings. The van der Waals surface area contributed by atoms with Gasteiger partial charge in [0.15, 0.2) is 0 Å². The third-order valence-corrected chi connectivity index (χ3v) is 2.43. The maximum Gasteiger partial charge on any atom is 0.119 e. The molecule has 0 saturated carbocycles. The zero-order valence-electron chi connectivity index (χ0n) is 12.1. The molecule has 0 fully saturated rings. The Morgan fingerprint density at radius 2 is 2.00 bits per heavy atom. The van der Waals surface area contributed by atoms with E-state index in [1.165, 1.54) is 0 Å². The lowest BCUT2D eigenvalue weighted by Crippen LogP contribution is -2.19. The molecule has 0 bridgehead atoms. The van der Waals surface area contributed by atoms with Crippen LogP contribution in [0, 0.1) is 11.8 Å². The van der Waals surface area contributed by atoms with E-state index in [-0.39, 0.29) is 12.2 Å². The summed E-state index contributed by atoms with van der Waals surface area (Å²) in [5, 5.41) is 8.76. The van der Waals surface area contributed by atoms with Gasteiger partial charge in [-0.3, -0.25) is 0 Å².